The average molecular weight is 360 g/mol. The van der Waals surface area contributed by atoms with Gasteiger partial charge in [-0.3, -0.25) is 15.0 Å². The largest absolute Gasteiger partial charge is 0.493 e. The number of para-hydroxylation sites is 2. The van der Waals surface area contributed by atoms with Crippen LogP contribution >= 0.6 is 0 Å². The Bertz CT molecular complexity index is 1060. The fourth-order valence-electron chi connectivity index (χ4n) is 3.08. The molecule has 1 amide bonds. The Balaban J connectivity index is 1.96. The molecule has 1 heterocycles. The van der Waals surface area contributed by atoms with Gasteiger partial charge in [0.15, 0.2) is 17.2 Å². The molecule has 134 valence electrons. The van der Waals surface area contributed by atoms with Gasteiger partial charge >= 0.3 is 0 Å². The Morgan fingerprint density at radius 2 is 1.81 bits per heavy atom. The van der Waals surface area contributed by atoms with Crippen LogP contribution < -0.4 is 15.0 Å². The van der Waals surface area contributed by atoms with Crippen molar-refractivity contribution in [2.75, 3.05) is 7.11 Å². The molecule has 3 aromatic rings. The maximum atomic E-state index is 12.1. The highest BCUT2D eigenvalue weighted by Crippen LogP contribution is 2.44. The van der Waals surface area contributed by atoms with Gasteiger partial charge < -0.3 is 9.47 Å². The molecule has 0 radical (unpaired) electrons. The van der Waals surface area contributed by atoms with E-state index in [1.54, 1.807) is 43.1 Å². The third kappa shape index (κ3) is 2.92. The van der Waals surface area contributed by atoms with Crippen LogP contribution in [0.2, 0.25) is 0 Å². The summed E-state index contributed by atoms with van der Waals surface area (Å²) in [6, 6.07) is 18.1. The van der Waals surface area contributed by atoms with Crippen molar-refractivity contribution in [2.24, 2.45) is 4.99 Å². The number of hydrogen-bond donors (Lipinski definition) is 2. The fourth-order valence-corrected chi connectivity index (χ4v) is 3.08. The highest BCUT2D eigenvalue weighted by molar-refractivity contribution is 6.04. The summed E-state index contributed by atoms with van der Waals surface area (Å²) in [5.74, 6) is 1.10. The van der Waals surface area contributed by atoms with Gasteiger partial charge in [-0.2, -0.15) is 0 Å². The van der Waals surface area contributed by atoms with Crippen LogP contribution in [0.4, 0.5) is 5.69 Å². The molecule has 1 aliphatic rings. The van der Waals surface area contributed by atoms with Gasteiger partial charge in [0.25, 0.3) is 5.91 Å². The van der Waals surface area contributed by atoms with Crippen LogP contribution in [0, 0.1) is 0 Å². The van der Waals surface area contributed by atoms with Gasteiger partial charge in [0.1, 0.15) is 5.69 Å². The maximum absolute atomic E-state index is 12.1. The Kier molecular flexibility index (Phi) is 4.32. The van der Waals surface area contributed by atoms with Gasteiger partial charge in [-0.1, -0.05) is 30.3 Å². The second kappa shape index (κ2) is 6.93. The SMILES string of the molecule is COc1ccc(-c2ccccc2C(=O)NO)c2c1Oc1ccccc1N=C2. The standard InChI is InChI=1S/C21H16N2O4/c1-26-19-11-10-14(13-6-2-3-7-15(13)21(24)23-25)16-12-22-17-8-4-5-9-18(17)27-20(16)19/h2-12,25H,1H3,(H,23,24). The van der Waals surface area contributed by atoms with Gasteiger partial charge in [0.2, 0.25) is 0 Å². The molecule has 0 saturated heterocycles. The molecule has 6 heteroatoms. The summed E-state index contributed by atoms with van der Waals surface area (Å²) >= 11 is 0. The van der Waals surface area contributed by atoms with Crippen molar-refractivity contribution >= 4 is 17.8 Å². The fraction of sp³-hybridized carbons (Fsp3) is 0.0476. The lowest BCUT2D eigenvalue weighted by Gasteiger charge is -2.16. The van der Waals surface area contributed by atoms with E-state index in [4.69, 9.17) is 14.7 Å². The minimum Gasteiger partial charge on any atom is -0.493 e. The van der Waals surface area contributed by atoms with E-state index in [9.17, 15) is 4.79 Å². The molecule has 0 fully saturated rings. The van der Waals surface area contributed by atoms with Gasteiger partial charge in [-0.15, -0.1) is 0 Å². The van der Waals surface area contributed by atoms with Crippen LogP contribution in [0.25, 0.3) is 11.1 Å². The molecule has 0 bridgehead atoms. The number of methoxy groups -OCH3 is 1. The van der Waals surface area contributed by atoms with E-state index < -0.39 is 5.91 Å². The summed E-state index contributed by atoms with van der Waals surface area (Å²) in [6.45, 7) is 0. The predicted octanol–water partition coefficient (Wildman–Crippen LogP) is 4.34. The lowest BCUT2D eigenvalue weighted by molar-refractivity contribution is 0.0707. The number of rotatable bonds is 3. The van der Waals surface area contributed by atoms with Crippen molar-refractivity contribution in [2.45, 2.75) is 0 Å². The molecule has 6 nitrogen and oxygen atoms in total. The zero-order valence-corrected chi connectivity index (χ0v) is 14.5. The maximum Gasteiger partial charge on any atom is 0.275 e. The summed E-state index contributed by atoms with van der Waals surface area (Å²) in [7, 11) is 1.57. The average Bonchev–Trinajstić information content (AvgIpc) is 2.92. The first-order valence-electron chi connectivity index (χ1n) is 8.28. The molecule has 1 aliphatic heterocycles. The monoisotopic (exact) mass is 360 g/mol. The van der Waals surface area contributed by atoms with E-state index >= 15 is 0 Å². The molecule has 0 aromatic heterocycles. The molecule has 3 aromatic carbocycles. The zero-order valence-electron chi connectivity index (χ0n) is 14.5. The molecule has 4 rings (SSSR count). The third-order valence-corrected chi connectivity index (χ3v) is 4.35. The van der Waals surface area contributed by atoms with E-state index in [1.807, 2.05) is 36.4 Å². The first kappa shape index (κ1) is 16.8. The van der Waals surface area contributed by atoms with E-state index in [1.165, 1.54) is 0 Å². The Labute approximate surface area is 155 Å². The number of aliphatic imine (C=N–C) groups is 1. The highest BCUT2D eigenvalue weighted by Gasteiger charge is 2.22. The zero-order chi connectivity index (χ0) is 18.8. The Morgan fingerprint density at radius 3 is 2.63 bits per heavy atom. The van der Waals surface area contributed by atoms with E-state index in [0.29, 0.717) is 39.6 Å². The lowest BCUT2D eigenvalue weighted by atomic mass is 9.94. The minimum atomic E-state index is -0.593. The normalized spacial score (nSPS) is 11.6. The summed E-state index contributed by atoms with van der Waals surface area (Å²) in [5.41, 5.74) is 4.79. The molecular weight excluding hydrogens is 344 g/mol. The summed E-state index contributed by atoms with van der Waals surface area (Å²) in [6.07, 6.45) is 1.70. The first-order valence-corrected chi connectivity index (χ1v) is 8.28. The molecule has 0 atom stereocenters. The van der Waals surface area contributed by atoms with Crippen molar-refractivity contribution in [3.05, 3.63) is 71.8 Å². The molecular formula is C21H16N2O4. The van der Waals surface area contributed by atoms with Crippen LogP contribution in [0.5, 0.6) is 17.2 Å². The lowest BCUT2D eigenvalue weighted by Crippen LogP contribution is -2.19. The number of hydrogen-bond acceptors (Lipinski definition) is 5. The van der Waals surface area contributed by atoms with Crippen molar-refractivity contribution in [1.82, 2.24) is 5.48 Å². The number of benzene rings is 3. The highest BCUT2D eigenvalue weighted by atomic mass is 16.5. The second-order valence-corrected chi connectivity index (χ2v) is 5.87. The topological polar surface area (TPSA) is 80.2 Å². The summed E-state index contributed by atoms with van der Waals surface area (Å²) in [4.78, 5) is 16.6. The Hall–Kier alpha value is -3.64. The van der Waals surface area contributed by atoms with Gasteiger partial charge in [0.05, 0.1) is 7.11 Å². The quantitative estimate of drug-likeness (QED) is 0.421. The number of fused-ring (bicyclic) bond motifs is 2. The summed E-state index contributed by atoms with van der Waals surface area (Å²) in [5, 5.41) is 9.07. The van der Waals surface area contributed by atoms with Gasteiger partial charge in [-0.05, 0) is 41.5 Å². The predicted molar refractivity (Wildman–Crippen MR) is 101 cm³/mol. The molecule has 27 heavy (non-hydrogen) atoms. The van der Waals surface area contributed by atoms with Crippen LogP contribution in [0.3, 0.4) is 0 Å². The summed E-state index contributed by atoms with van der Waals surface area (Å²) < 4.78 is 11.6. The molecule has 0 unspecified atom stereocenters. The van der Waals surface area contributed by atoms with Crippen molar-refractivity contribution in [3.63, 3.8) is 0 Å². The second-order valence-electron chi connectivity index (χ2n) is 5.87. The number of carbonyl (C=O) groups is 1. The van der Waals surface area contributed by atoms with Gasteiger partial charge in [0, 0.05) is 17.3 Å². The number of ether oxygens (including phenoxy) is 2. The van der Waals surface area contributed by atoms with E-state index in [-0.39, 0.29) is 0 Å². The van der Waals surface area contributed by atoms with E-state index in [2.05, 4.69) is 4.99 Å². The third-order valence-electron chi connectivity index (χ3n) is 4.35. The van der Waals surface area contributed by atoms with Crippen molar-refractivity contribution < 1.29 is 19.5 Å². The number of nitrogens with one attached hydrogen (secondary N) is 1. The number of amides is 1. The van der Waals surface area contributed by atoms with Gasteiger partial charge in [-0.25, -0.2) is 5.48 Å². The Morgan fingerprint density at radius 1 is 1.04 bits per heavy atom. The number of nitrogens with zero attached hydrogens (tertiary/aromatic N) is 1. The number of hydroxylamine groups is 1. The smallest absolute Gasteiger partial charge is 0.275 e. The molecule has 0 saturated carbocycles. The molecule has 2 N–H and O–H groups in total. The molecule has 0 aliphatic carbocycles. The van der Waals surface area contributed by atoms with Crippen molar-refractivity contribution in [3.8, 4) is 28.4 Å². The first-order chi connectivity index (χ1) is 13.2. The molecule has 0 spiro atoms. The van der Waals surface area contributed by atoms with Crippen LogP contribution in [-0.4, -0.2) is 24.4 Å². The van der Waals surface area contributed by atoms with Crippen molar-refractivity contribution in [1.29, 1.82) is 0 Å². The van der Waals surface area contributed by atoms with E-state index in [0.717, 1.165) is 5.56 Å². The van der Waals surface area contributed by atoms with Crippen LogP contribution in [0.1, 0.15) is 15.9 Å². The number of carbonyl (C=O) groups excluding carboxylic acids is 1. The van der Waals surface area contributed by atoms with Crippen LogP contribution in [-0.2, 0) is 0 Å². The van der Waals surface area contributed by atoms with Crippen LogP contribution in [0.15, 0.2) is 65.7 Å². The minimum absolute atomic E-state index is 0.336.